The summed E-state index contributed by atoms with van der Waals surface area (Å²) in [6.07, 6.45) is 0.922. The molecule has 33 heavy (non-hydrogen) atoms. The number of ether oxygens (including phenoxy) is 2. The van der Waals surface area contributed by atoms with Crippen molar-refractivity contribution in [3.05, 3.63) is 59.2 Å². The second-order valence-corrected chi connectivity index (χ2v) is 8.44. The molecule has 2 aromatic rings. The van der Waals surface area contributed by atoms with Gasteiger partial charge in [0.25, 0.3) is 5.91 Å². The van der Waals surface area contributed by atoms with Crippen molar-refractivity contribution in [3.63, 3.8) is 0 Å². The molecule has 0 aliphatic carbocycles. The van der Waals surface area contributed by atoms with Crippen LogP contribution in [0.15, 0.2) is 42.5 Å². The van der Waals surface area contributed by atoms with Gasteiger partial charge in [-0.25, -0.2) is 0 Å². The molecule has 2 aromatic carbocycles. The first-order chi connectivity index (χ1) is 15.9. The first-order valence-electron chi connectivity index (χ1n) is 11.5. The van der Waals surface area contributed by atoms with E-state index >= 15 is 0 Å². The van der Waals surface area contributed by atoms with E-state index in [2.05, 4.69) is 43.0 Å². The number of hydrogen-bond acceptors (Lipinski definition) is 5. The maximum atomic E-state index is 13.0. The van der Waals surface area contributed by atoms with E-state index in [4.69, 9.17) is 9.47 Å². The summed E-state index contributed by atoms with van der Waals surface area (Å²) in [5, 5.41) is 0. The summed E-state index contributed by atoms with van der Waals surface area (Å²) < 4.78 is 10.6. The minimum absolute atomic E-state index is 0.0334. The van der Waals surface area contributed by atoms with Crippen molar-refractivity contribution in [3.8, 4) is 11.5 Å². The van der Waals surface area contributed by atoms with Crippen LogP contribution in [0.2, 0.25) is 0 Å². The number of hydrogen-bond donors (Lipinski definition) is 0. The number of benzene rings is 2. The van der Waals surface area contributed by atoms with E-state index in [0.717, 1.165) is 18.5 Å². The number of aryl methyl sites for hydroxylation is 1. The largest absolute Gasteiger partial charge is 0.493 e. The van der Waals surface area contributed by atoms with Crippen molar-refractivity contribution < 1.29 is 19.1 Å². The van der Waals surface area contributed by atoms with Gasteiger partial charge in [-0.3, -0.25) is 14.5 Å². The fraction of sp³-hybridized carbons (Fsp3) is 0.462. The number of nitrogens with zero attached hydrogens (tertiary/aromatic N) is 3. The van der Waals surface area contributed by atoms with Gasteiger partial charge in [0.2, 0.25) is 5.91 Å². The Morgan fingerprint density at radius 1 is 0.939 bits per heavy atom. The summed E-state index contributed by atoms with van der Waals surface area (Å²) >= 11 is 0. The standard InChI is InChI=1S/C26H35N3O4/c1-5-12-29(18-21-8-6-20(2)7-9-21)25(30)19-27-13-15-28(16-14-27)26(31)22-10-11-23(32-3)24(17-22)33-4/h6-11,17H,5,12-16,18-19H2,1-4H3. The molecule has 1 heterocycles. The zero-order valence-corrected chi connectivity index (χ0v) is 20.2. The van der Waals surface area contributed by atoms with Crippen LogP contribution in [0.1, 0.15) is 34.8 Å². The summed E-state index contributed by atoms with van der Waals surface area (Å²) in [7, 11) is 3.13. The van der Waals surface area contributed by atoms with Crippen LogP contribution in [0.25, 0.3) is 0 Å². The minimum atomic E-state index is -0.0334. The summed E-state index contributed by atoms with van der Waals surface area (Å²) in [5.41, 5.74) is 2.93. The Labute approximate surface area is 196 Å². The fourth-order valence-electron chi connectivity index (χ4n) is 4.03. The Morgan fingerprint density at radius 2 is 1.61 bits per heavy atom. The van der Waals surface area contributed by atoms with Gasteiger partial charge in [-0.2, -0.15) is 0 Å². The van der Waals surface area contributed by atoms with Crippen LogP contribution in [0.5, 0.6) is 11.5 Å². The van der Waals surface area contributed by atoms with E-state index in [-0.39, 0.29) is 11.8 Å². The lowest BCUT2D eigenvalue weighted by Gasteiger charge is -2.35. The number of amides is 2. The molecule has 1 fully saturated rings. The molecule has 0 radical (unpaired) electrons. The van der Waals surface area contributed by atoms with E-state index in [1.807, 2.05) is 9.80 Å². The lowest BCUT2D eigenvalue weighted by atomic mass is 10.1. The highest BCUT2D eigenvalue weighted by Gasteiger charge is 2.25. The summed E-state index contributed by atoms with van der Waals surface area (Å²) in [4.78, 5) is 31.9. The molecule has 0 atom stereocenters. The molecule has 1 aliphatic heterocycles. The molecule has 0 N–H and O–H groups in total. The van der Waals surface area contributed by atoms with Gasteiger partial charge in [-0.1, -0.05) is 36.8 Å². The first-order valence-corrected chi connectivity index (χ1v) is 11.5. The lowest BCUT2D eigenvalue weighted by molar-refractivity contribution is -0.133. The van der Waals surface area contributed by atoms with Crippen LogP contribution in [-0.4, -0.2) is 80.0 Å². The van der Waals surface area contributed by atoms with Crippen molar-refractivity contribution in [2.24, 2.45) is 0 Å². The normalized spacial score (nSPS) is 14.1. The van der Waals surface area contributed by atoms with E-state index in [9.17, 15) is 9.59 Å². The molecule has 0 unspecified atom stereocenters. The molecule has 1 aliphatic rings. The average molecular weight is 454 g/mol. The van der Waals surface area contributed by atoms with Gasteiger partial charge in [0.1, 0.15) is 0 Å². The molecule has 0 bridgehead atoms. The highest BCUT2D eigenvalue weighted by Crippen LogP contribution is 2.28. The molecule has 0 aromatic heterocycles. The lowest BCUT2D eigenvalue weighted by Crippen LogP contribution is -2.51. The van der Waals surface area contributed by atoms with Crippen LogP contribution < -0.4 is 9.47 Å². The van der Waals surface area contributed by atoms with E-state index in [1.54, 1.807) is 32.4 Å². The molecule has 0 spiro atoms. The second kappa shape index (κ2) is 11.7. The van der Waals surface area contributed by atoms with Crippen molar-refractivity contribution in [2.45, 2.75) is 26.8 Å². The van der Waals surface area contributed by atoms with Crippen molar-refractivity contribution in [1.29, 1.82) is 0 Å². The van der Waals surface area contributed by atoms with Gasteiger partial charge in [0, 0.05) is 44.8 Å². The monoisotopic (exact) mass is 453 g/mol. The summed E-state index contributed by atoms with van der Waals surface area (Å²) in [6, 6.07) is 13.6. The van der Waals surface area contributed by atoms with Gasteiger partial charge in [0.15, 0.2) is 11.5 Å². The Morgan fingerprint density at radius 3 is 2.21 bits per heavy atom. The van der Waals surface area contributed by atoms with Crippen LogP contribution in [-0.2, 0) is 11.3 Å². The maximum Gasteiger partial charge on any atom is 0.254 e. The molecule has 0 saturated carbocycles. The summed E-state index contributed by atoms with van der Waals surface area (Å²) in [6.45, 7) is 8.44. The van der Waals surface area contributed by atoms with Crippen LogP contribution in [0.4, 0.5) is 0 Å². The highest BCUT2D eigenvalue weighted by atomic mass is 16.5. The maximum absolute atomic E-state index is 13.0. The zero-order valence-electron chi connectivity index (χ0n) is 20.2. The zero-order chi connectivity index (χ0) is 23.8. The molecule has 178 valence electrons. The van der Waals surface area contributed by atoms with Crippen LogP contribution in [0, 0.1) is 6.92 Å². The van der Waals surface area contributed by atoms with E-state index < -0.39 is 0 Å². The third kappa shape index (κ3) is 6.48. The van der Waals surface area contributed by atoms with Gasteiger partial charge < -0.3 is 19.3 Å². The highest BCUT2D eigenvalue weighted by molar-refractivity contribution is 5.95. The molecule has 3 rings (SSSR count). The molecule has 7 nitrogen and oxygen atoms in total. The smallest absolute Gasteiger partial charge is 0.254 e. The quantitative estimate of drug-likeness (QED) is 0.584. The van der Waals surface area contributed by atoms with Crippen molar-refractivity contribution in [1.82, 2.24) is 14.7 Å². The van der Waals surface area contributed by atoms with E-state index in [0.29, 0.717) is 56.3 Å². The average Bonchev–Trinajstić information content (AvgIpc) is 2.84. The molecule has 2 amide bonds. The van der Waals surface area contributed by atoms with Gasteiger partial charge >= 0.3 is 0 Å². The van der Waals surface area contributed by atoms with Gasteiger partial charge in [0.05, 0.1) is 20.8 Å². The Bertz CT molecular complexity index is 937. The number of carbonyl (C=O) groups excluding carboxylic acids is 2. The Balaban J connectivity index is 1.54. The minimum Gasteiger partial charge on any atom is -0.493 e. The number of rotatable bonds is 9. The topological polar surface area (TPSA) is 62.3 Å². The predicted octanol–water partition coefficient (Wildman–Crippen LogP) is 3.21. The van der Waals surface area contributed by atoms with Gasteiger partial charge in [-0.05, 0) is 37.1 Å². The third-order valence-corrected chi connectivity index (χ3v) is 5.99. The molecule has 7 heteroatoms. The number of methoxy groups -OCH3 is 2. The van der Waals surface area contributed by atoms with Gasteiger partial charge in [-0.15, -0.1) is 0 Å². The van der Waals surface area contributed by atoms with Crippen molar-refractivity contribution >= 4 is 11.8 Å². The number of carbonyl (C=O) groups is 2. The predicted molar refractivity (Wildman–Crippen MR) is 129 cm³/mol. The molecule has 1 saturated heterocycles. The first kappa shape index (κ1) is 24.6. The molecular formula is C26H35N3O4. The van der Waals surface area contributed by atoms with Crippen molar-refractivity contribution in [2.75, 3.05) is 53.5 Å². The van der Waals surface area contributed by atoms with Crippen LogP contribution >= 0.6 is 0 Å². The summed E-state index contributed by atoms with van der Waals surface area (Å²) in [5.74, 6) is 1.24. The second-order valence-electron chi connectivity index (χ2n) is 8.44. The SMILES string of the molecule is CCCN(Cc1ccc(C)cc1)C(=O)CN1CCN(C(=O)c2ccc(OC)c(OC)c2)CC1. The van der Waals surface area contributed by atoms with Crippen LogP contribution in [0.3, 0.4) is 0 Å². The van der Waals surface area contributed by atoms with E-state index in [1.165, 1.54) is 5.56 Å². The third-order valence-electron chi connectivity index (χ3n) is 5.99. The Hall–Kier alpha value is -3.06. The Kier molecular flexibility index (Phi) is 8.72. The molecular weight excluding hydrogens is 418 g/mol. The fourth-order valence-corrected chi connectivity index (χ4v) is 4.03. The number of piperazine rings is 1.